The molecule has 0 bridgehead atoms. The van der Waals surface area contributed by atoms with Gasteiger partial charge in [-0.05, 0) is 13.0 Å². The predicted molar refractivity (Wildman–Crippen MR) is 52.8 cm³/mol. The van der Waals surface area contributed by atoms with Crippen LogP contribution in [0.2, 0.25) is 0 Å². The first-order valence-corrected chi connectivity index (χ1v) is 5.43. The molecule has 1 saturated heterocycles. The van der Waals surface area contributed by atoms with Gasteiger partial charge >= 0.3 is 0 Å². The summed E-state index contributed by atoms with van der Waals surface area (Å²) in [6.07, 6.45) is 3.80. The van der Waals surface area contributed by atoms with Crippen LogP contribution < -0.4 is 5.32 Å². The van der Waals surface area contributed by atoms with Crippen LogP contribution in [0.4, 0.5) is 0 Å². The molecule has 1 atom stereocenters. The van der Waals surface area contributed by atoms with E-state index < -0.39 is 0 Å². The van der Waals surface area contributed by atoms with Crippen LogP contribution in [0.15, 0.2) is 11.6 Å². The molecule has 4 heteroatoms. The zero-order valence-corrected chi connectivity index (χ0v) is 8.31. The molecule has 13 heavy (non-hydrogen) atoms. The molecular weight excluding hydrogens is 184 g/mol. The van der Waals surface area contributed by atoms with Crippen molar-refractivity contribution in [3.63, 3.8) is 0 Å². The van der Waals surface area contributed by atoms with Gasteiger partial charge in [0.1, 0.15) is 0 Å². The second kappa shape index (κ2) is 3.74. The van der Waals surface area contributed by atoms with Crippen molar-refractivity contribution >= 4 is 11.3 Å². The largest absolute Gasteiger partial charge is 0.396 e. The SMILES string of the molecule is OCC1(Cc2nccs2)CCNC1. The number of hydrogen-bond donors (Lipinski definition) is 2. The lowest BCUT2D eigenvalue weighted by atomic mass is 9.85. The van der Waals surface area contributed by atoms with Gasteiger partial charge in [-0.2, -0.15) is 0 Å². The van der Waals surface area contributed by atoms with Crippen molar-refractivity contribution in [2.45, 2.75) is 12.8 Å². The molecule has 0 spiro atoms. The number of thiazole rings is 1. The van der Waals surface area contributed by atoms with E-state index in [9.17, 15) is 5.11 Å². The quantitative estimate of drug-likeness (QED) is 0.750. The van der Waals surface area contributed by atoms with Gasteiger partial charge in [0.05, 0.1) is 11.6 Å². The van der Waals surface area contributed by atoms with Crippen LogP contribution in [0, 0.1) is 5.41 Å². The van der Waals surface area contributed by atoms with Gasteiger partial charge in [-0.3, -0.25) is 0 Å². The summed E-state index contributed by atoms with van der Waals surface area (Å²) < 4.78 is 0. The van der Waals surface area contributed by atoms with Crippen molar-refractivity contribution in [3.05, 3.63) is 16.6 Å². The van der Waals surface area contributed by atoms with E-state index in [0.717, 1.165) is 30.9 Å². The highest BCUT2D eigenvalue weighted by Gasteiger charge is 2.33. The first kappa shape index (κ1) is 9.12. The molecule has 0 amide bonds. The summed E-state index contributed by atoms with van der Waals surface area (Å²) in [5.41, 5.74) is 0.0534. The Labute approximate surface area is 81.8 Å². The highest BCUT2D eigenvalue weighted by Crippen LogP contribution is 2.29. The lowest BCUT2D eigenvalue weighted by Crippen LogP contribution is -2.30. The first-order valence-electron chi connectivity index (χ1n) is 4.55. The number of rotatable bonds is 3. The summed E-state index contributed by atoms with van der Waals surface area (Å²) in [7, 11) is 0. The number of hydrogen-bond acceptors (Lipinski definition) is 4. The van der Waals surface area contributed by atoms with Gasteiger partial charge in [-0.25, -0.2) is 4.98 Å². The minimum absolute atomic E-state index is 0.0534. The molecule has 1 aromatic rings. The second-order valence-electron chi connectivity index (χ2n) is 3.69. The molecule has 0 aliphatic carbocycles. The highest BCUT2D eigenvalue weighted by atomic mass is 32.1. The van der Waals surface area contributed by atoms with E-state index in [4.69, 9.17) is 0 Å². The lowest BCUT2D eigenvalue weighted by molar-refractivity contribution is 0.143. The van der Waals surface area contributed by atoms with Gasteiger partial charge in [0.25, 0.3) is 0 Å². The molecule has 3 nitrogen and oxygen atoms in total. The number of aliphatic hydroxyl groups is 1. The Morgan fingerprint density at radius 2 is 2.62 bits per heavy atom. The van der Waals surface area contributed by atoms with Crippen LogP contribution in [-0.2, 0) is 6.42 Å². The molecule has 0 radical (unpaired) electrons. The summed E-state index contributed by atoms with van der Waals surface area (Å²) in [6, 6.07) is 0. The molecule has 1 aliphatic rings. The minimum atomic E-state index is 0.0534. The minimum Gasteiger partial charge on any atom is -0.396 e. The Kier molecular flexibility index (Phi) is 2.62. The van der Waals surface area contributed by atoms with Gasteiger partial charge < -0.3 is 10.4 Å². The maximum Gasteiger partial charge on any atom is 0.0931 e. The number of nitrogens with zero attached hydrogens (tertiary/aromatic N) is 1. The van der Waals surface area contributed by atoms with Crippen LogP contribution in [0.1, 0.15) is 11.4 Å². The first-order chi connectivity index (χ1) is 6.35. The van der Waals surface area contributed by atoms with Gasteiger partial charge in [0.15, 0.2) is 0 Å². The number of aromatic nitrogens is 1. The Bertz CT molecular complexity index is 255. The molecule has 1 aromatic heterocycles. The summed E-state index contributed by atoms with van der Waals surface area (Å²) >= 11 is 1.67. The van der Waals surface area contributed by atoms with E-state index in [1.54, 1.807) is 11.3 Å². The van der Waals surface area contributed by atoms with Crippen LogP contribution in [0.25, 0.3) is 0 Å². The smallest absolute Gasteiger partial charge is 0.0931 e. The third-order valence-electron chi connectivity index (χ3n) is 2.68. The molecular formula is C9H14N2OS. The number of aliphatic hydroxyl groups excluding tert-OH is 1. The lowest BCUT2D eigenvalue weighted by Gasteiger charge is -2.23. The van der Waals surface area contributed by atoms with Crippen molar-refractivity contribution in [3.8, 4) is 0 Å². The topological polar surface area (TPSA) is 45.2 Å². The van der Waals surface area contributed by atoms with E-state index in [1.807, 2.05) is 11.6 Å². The molecule has 0 saturated carbocycles. The Morgan fingerprint density at radius 1 is 1.69 bits per heavy atom. The Hall–Kier alpha value is -0.450. The van der Waals surface area contributed by atoms with Crippen molar-refractivity contribution in [1.29, 1.82) is 0 Å². The molecule has 1 aliphatic heterocycles. The highest BCUT2D eigenvalue weighted by molar-refractivity contribution is 7.09. The normalized spacial score (nSPS) is 28.1. The fraction of sp³-hybridized carbons (Fsp3) is 0.667. The van der Waals surface area contributed by atoms with Crippen LogP contribution in [-0.4, -0.2) is 29.8 Å². The van der Waals surface area contributed by atoms with Crippen molar-refractivity contribution < 1.29 is 5.11 Å². The third-order valence-corrected chi connectivity index (χ3v) is 3.46. The number of nitrogens with one attached hydrogen (secondary N) is 1. The third kappa shape index (κ3) is 1.90. The molecule has 1 fully saturated rings. The zero-order chi connectivity index (χ0) is 9.15. The fourth-order valence-electron chi connectivity index (χ4n) is 1.80. The zero-order valence-electron chi connectivity index (χ0n) is 7.49. The molecule has 0 aromatic carbocycles. The van der Waals surface area contributed by atoms with E-state index >= 15 is 0 Å². The van der Waals surface area contributed by atoms with Gasteiger partial charge in [0.2, 0.25) is 0 Å². The summed E-state index contributed by atoms with van der Waals surface area (Å²) in [5, 5.41) is 15.8. The van der Waals surface area contributed by atoms with Crippen molar-refractivity contribution in [2.75, 3.05) is 19.7 Å². The molecule has 1 unspecified atom stereocenters. The van der Waals surface area contributed by atoms with Crippen molar-refractivity contribution in [2.24, 2.45) is 5.41 Å². The van der Waals surface area contributed by atoms with Crippen LogP contribution >= 0.6 is 11.3 Å². The Balaban J connectivity index is 2.06. The fourth-order valence-corrected chi connectivity index (χ4v) is 2.59. The van der Waals surface area contributed by atoms with Gasteiger partial charge in [-0.15, -0.1) is 11.3 Å². The standard InChI is InChI=1S/C9H14N2OS/c12-7-9(1-2-10-6-9)5-8-11-3-4-13-8/h3-4,10,12H,1-2,5-7H2. The summed E-state index contributed by atoms with van der Waals surface area (Å²) in [6.45, 7) is 2.20. The predicted octanol–water partition coefficient (Wildman–Crippen LogP) is 0.658. The van der Waals surface area contributed by atoms with Gasteiger partial charge in [-0.1, -0.05) is 0 Å². The molecule has 2 N–H and O–H groups in total. The summed E-state index contributed by atoms with van der Waals surface area (Å²) in [5.74, 6) is 0. The average Bonchev–Trinajstić information content (AvgIpc) is 2.77. The Morgan fingerprint density at radius 3 is 3.15 bits per heavy atom. The molecule has 2 heterocycles. The summed E-state index contributed by atoms with van der Waals surface area (Å²) in [4.78, 5) is 4.25. The van der Waals surface area contributed by atoms with Crippen LogP contribution in [0.5, 0.6) is 0 Å². The average molecular weight is 198 g/mol. The van der Waals surface area contributed by atoms with Crippen molar-refractivity contribution in [1.82, 2.24) is 10.3 Å². The molecule has 2 rings (SSSR count). The molecule has 72 valence electrons. The maximum atomic E-state index is 9.35. The maximum absolute atomic E-state index is 9.35. The van der Waals surface area contributed by atoms with Gasteiger partial charge in [0, 0.05) is 30.0 Å². The monoisotopic (exact) mass is 198 g/mol. The van der Waals surface area contributed by atoms with Crippen LogP contribution in [0.3, 0.4) is 0 Å². The van der Waals surface area contributed by atoms with E-state index in [2.05, 4.69) is 10.3 Å². The van der Waals surface area contributed by atoms with E-state index in [0.29, 0.717) is 0 Å². The van der Waals surface area contributed by atoms with E-state index in [1.165, 1.54) is 0 Å². The van der Waals surface area contributed by atoms with E-state index in [-0.39, 0.29) is 12.0 Å². The second-order valence-corrected chi connectivity index (χ2v) is 4.67.